The minimum Gasteiger partial charge on any atom is -0.322 e. The molecule has 3 rings (SSSR count). The highest BCUT2D eigenvalue weighted by Gasteiger charge is 2.56. The SMILES string of the molecule is Cn1nnc(Br)c1C(N)C1C2CCCC21. The first-order chi connectivity index (χ1) is 7.20. The predicted octanol–water partition coefficient (Wildman–Crippen LogP) is 1.62. The second-order valence-electron chi connectivity index (χ2n) is 4.75. The molecule has 0 bridgehead atoms. The number of nitrogens with zero attached hydrogens (tertiary/aromatic N) is 3. The third-order valence-corrected chi connectivity index (χ3v) is 4.59. The summed E-state index contributed by atoms with van der Waals surface area (Å²) in [4.78, 5) is 0. The summed E-state index contributed by atoms with van der Waals surface area (Å²) >= 11 is 3.42. The van der Waals surface area contributed by atoms with E-state index in [2.05, 4.69) is 26.2 Å². The molecule has 5 heteroatoms. The highest BCUT2D eigenvalue weighted by molar-refractivity contribution is 9.10. The summed E-state index contributed by atoms with van der Waals surface area (Å²) in [6, 6.07) is 0.106. The molecular weight excluding hydrogens is 256 g/mol. The van der Waals surface area contributed by atoms with Crippen LogP contribution in [0.1, 0.15) is 31.0 Å². The van der Waals surface area contributed by atoms with Crippen LogP contribution < -0.4 is 5.73 Å². The van der Waals surface area contributed by atoms with E-state index >= 15 is 0 Å². The molecule has 3 unspecified atom stereocenters. The van der Waals surface area contributed by atoms with Gasteiger partial charge in [-0.3, -0.25) is 0 Å². The molecule has 2 aliphatic carbocycles. The van der Waals surface area contributed by atoms with Gasteiger partial charge in [-0.15, -0.1) is 5.10 Å². The maximum atomic E-state index is 6.31. The molecule has 2 saturated carbocycles. The lowest BCUT2D eigenvalue weighted by Gasteiger charge is -2.13. The average Bonchev–Trinajstić information content (AvgIpc) is 2.58. The first-order valence-corrected chi connectivity index (χ1v) is 6.30. The van der Waals surface area contributed by atoms with Crippen molar-refractivity contribution < 1.29 is 0 Å². The number of nitrogens with two attached hydrogens (primary N) is 1. The van der Waals surface area contributed by atoms with Crippen molar-refractivity contribution in [1.29, 1.82) is 0 Å². The van der Waals surface area contributed by atoms with Crippen molar-refractivity contribution in [2.24, 2.45) is 30.5 Å². The highest BCUT2D eigenvalue weighted by atomic mass is 79.9. The van der Waals surface area contributed by atoms with Gasteiger partial charge in [-0.2, -0.15) is 0 Å². The predicted molar refractivity (Wildman–Crippen MR) is 60.0 cm³/mol. The van der Waals surface area contributed by atoms with Crippen LogP contribution in [0.2, 0.25) is 0 Å². The fourth-order valence-corrected chi connectivity index (χ4v) is 3.88. The van der Waals surface area contributed by atoms with E-state index in [-0.39, 0.29) is 6.04 Å². The number of aryl methyl sites for hydroxylation is 1. The van der Waals surface area contributed by atoms with Gasteiger partial charge in [0.1, 0.15) is 0 Å². The molecule has 1 heterocycles. The zero-order chi connectivity index (χ0) is 10.6. The third kappa shape index (κ3) is 1.36. The molecule has 0 aliphatic heterocycles. The first-order valence-electron chi connectivity index (χ1n) is 5.51. The molecule has 2 fully saturated rings. The number of aromatic nitrogens is 3. The number of hydrogen-bond donors (Lipinski definition) is 1. The Balaban J connectivity index is 1.83. The standard InChI is InChI=1S/C10H15BrN4/c1-15-9(10(11)13-14-15)8(12)7-5-3-2-4-6(5)7/h5-8H,2-4,12H2,1H3. The van der Waals surface area contributed by atoms with Crippen molar-refractivity contribution in [3.8, 4) is 0 Å². The number of halogens is 1. The van der Waals surface area contributed by atoms with Crippen LogP contribution in [0.25, 0.3) is 0 Å². The minimum atomic E-state index is 0.106. The Hall–Kier alpha value is -0.420. The lowest BCUT2D eigenvalue weighted by atomic mass is 10.0. The highest BCUT2D eigenvalue weighted by Crippen LogP contribution is 2.61. The van der Waals surface area contributed by atoms with Crippen LogP contribution in [0.15, 0.2) is 4.60 Å². The van der Waals surface area contributed by atoms with Crippen molar-refractivity contribution in [3.63, 3.8) is 0 Å². The van der Waals surface area contributed by atoms with Crippen LogP contribution in [0, 0.1) is 17.8 Å². The summed E-state index contributed by atoms with van der Waals surface area (Å²) in [5.74, 6) is 2.43. The Morgan fingerprint density at radius 3 is 2.67 bits per heavy atom. The Kier molecular flexibility index (Phi) is 2.14. The van der Waals surface area contributed by atoms with E-state index in [1.807, 2.05) is 7.05 Å². The van der Waals surface area contributed by atoms with Gasteiger partial charge < -0.3 is 5.73 Å². The van der Waals surface area contributed by atoms with Crippen LogP contribution in [-0.2, 0) is 7.05 Å². The van der Waals surface area contributed by atoms with Gasteiger partial charge in [0.15, 0.2) is 4.60 Å². The van der Waals surface area contributed by atoms with Crippen molar-refractivity contribution in [2.75, 3.05) is 0 Å². The zero-order valence-corrected chi connectivity index (χ0v) is 10.3. The van der Waals surface area contributed by atoms with E-state index in [4.69, 9.17) is 5.73 Å². The molecule has 82 valence electrons. The third-order valence-electron chi connectivity index (χ3n) is 4.03. The van der Waals surface area contributed by atoms with Gasteiger partial charge in [-0.25, -0.2) is 4.68 Å². The molecule has 2 aliphatic rings. The van der Waals surface area contributed by atoms with Gasteiger partial charge in [0.05, 0.1) is 11.7 Å². The van der Waals surface area contributed by atoms with Crippen LogP contribution in [-0.4, -0.2) is 15.0 Å². The average molecular weight is 271 g/mol. The van der Waals surface area contributed by atoms with Gasteiger partial charge in [-0.05, 0) is 46.5 Å². The molecule has 2 N–H and O–H groups in total. The summed E-state index contributed by atoms with van der Waals surface area (Å²) in [7, 11) is 1.91. The Labute approximate surface area is 97.3 Å². The molecule has 0 spiro atoms. The van der Waals surface area contributed by atoms with Crippen molar-refractivity contribution in [2.45, 2.75) is 25.3 Å². The number of fused-ring (bicyclic) bond motifs is 1. The summed E-state index contributed by atoms with van der Waals surface area (Å²) in [5, 5.41) is 7.97. The quantitative estimate of drug-likeness (QED) is 0.889. The molecule has 1 aromatic rings. The second-order valence-corrected chi connectivity index (χ2v) is 5.50. The summed E-state index contributed by atoms with van der Waals surface area (Å²) in [6.45, 7) is 0. The van der Waals surface area contributed by atoms with Crippen LogP contribution in [0.5, 0.6) is 0 Å². The van der Waals surface area contributed by atoms with E-state index in [1.54, 1.807) is 4.68 Å². The maximum Gasteiger partial charge on any atom is 0.153 e. The van der Waals surface area contributed by atoms with Gasteiger partial charge >= 0.3 is 0 Å². The summed E-state index contributed by atoms with van der Waals surface area (Å²) in [5.41, 5.74) is 7.36. The molecule has 0 radical (unpaired) electrons. The van der Waals surface area contributed by atoms with Crippen LogP contribution in [0.4, 0.5) is 0 Å². The van der Waals surface area contributed by atoms with Crippen molar-refractivity contribution >= 4 is 15.9 Å². The molecule has 0 saturated heterocycles. The van der Waals surface area contributed by atoms with Gasteiger partial charge in [-0.1, -0.05) is 11.6 Å². The van der Waals surface area contributed by atoms with Gasteiger partial charge in [0.2, 0.25) is 0 Å². The fraction of sp³-hybridized carbons (Fsp3) is 0.800. The molecule has 4 nitrogen and oxygen atoms in total. The first kappa shape index (κ1) is 9.78. The van der Waals surface area contributed by atoms with E-state index in [9.17, 15) is 0 Å². The molecule has 0 amide bonds. The van der Waals surface area contributed by atoms with E-state index < -0.39 is 0 Å². The van der Waals surface area contributed by atoms with Crippen LogP contribution >= 0.6 is 15.9 Å². The Bertz CT molecular complexity index is 359. The van der Waals surface area contributed by atoms with Crippen LogP contribution in [0.3, 0.4) is 0 Å². The minimum absolute atomic E-state index is 0.106. The van der Waals surface area contributed by atoms with E-state index in [0.29, 0.717) is 5.92 Å². The molecular formula is C10H15BrN4. The topological polar surface area (TPSA) is 56.7 Å². The Morgan fingerprint density at radius 1 is 1.47 bits per heavy atom. The number of hydrogen-bond acceptors (Lipinski definition) is 3. The fourth-order valence-electron chi connectivity index (χ4n) is 3.28. The molecule has 1 aromatic heterocycles. The van der Waals surface area contributed by atoms with E-state index in [1.165, 1.54) is 19.3 Å². The largest absolute Gasteiger partial charge is 0.322 e. The second kappa shape index (κ2) is 3.28. The normalized spacial score (nSPS) is 35.3. The smallest absolute Gasteiger partial charge is 0.153 e. The summed E-state index contributed by atoms with van der Waals surface area (Å²) < 4.78 is 2.60. The monoisotopic (exact) mass is 270 g/mol. The number of rotatable bonds is 2. The summed E-state index contributed by atoms with van der Waals surface area (Å²) in [6.07, 6.45) is 4.13. The maximum absolute atomic E-state index is 6.31. The zero-order valence-electron chi connectivity index (χ0n) is 8.73. The van der Waals surface area contributed by atoms with Gasteiger partial charge in [0.25, 0.3) is 0 Å². The van der Waals surface area contributed by atoms with Crippen molar-refractivity contribution in [1.82, 2.24) is 15.0 Å². The molecule has 3 atom stereocenters. The van der Waals surface area contributed by atoms with Crippen molar-refractivity contribution in [3.05, 3.63) is 10.3 Å². The molecule has 0 aromatic carbocycles. The Morgan fingerprint density at radius 2 is 2.13 bits per heavy atom. The molecule has 15 heavy (non-hydrogen) atoms. The lowest BCUT2D eigenvalue weighted by molar-refractivity contribution is 0.474. The lowest BCUT2D eigenvalue weighted by Crippen LogP contribution is -2.19. The van der Waals surface area contributed by atoms with E-state index in [0.717, 1.165) is 22.1 Å². The van der Waals surface area contributed by atoms with Gasteiger partial charge in [0, 0.05) is 7.05 Å².